The summed E-state index contributed by atoms with van der Waals surface area (Å²) in [5.74, 6) is 2.55. The lowest BCUT2D eigenvalue weighted by molar-refractivity contribution is -0.137. The molecule has 0 fully saturated rings. The van der Waals surface area contributed by atoms with Gasteiger partial charge in [0.1, 0.15) is 23.9 Å². The van der Waals surface area contributed by atoms with Crippen LogP contribution in [0.5, 0.6) is 17.2 Å². The van der Waals surface area contributed by atoms with Crippen molar-refractivity contribution in [2.75, 3.05) is 25.2 Å². The molecule has 0 radical (unpaired) electrons. The third-order valence-electron chi connectivity index (χ3n) is 7.10. The maximum atomic E-state index is 11.1. The van der Waals surface area contributed by atoms with Crippen molar-refractivity contribution in [2.45, 2.75) is 45.1 Å². The van der Waals surface area contributed by atoms with E-state index in [1.165, 1.54) is 22.3 Å². The van der Waals surface area contributed by atoms with Crippen molar-refractivity contribution >= 4 is 29.3 Å². The average Bonchev–Trinajstić information content (AvgIpc) is 3.24. The summed E-state index contributed by atoms with van der Waals surface area (Å²) in [6.45, 7) is 3.60. The van der Waals surface area contributed by atoms with Crippen LogP contribution in [0.4, 0.5) is 0 Å². The van der Waals surface area contributed by atoms with E-state index in [9.17, 15) is 4.79 Å². The predicted molar refractivity (Wildman–Crippen MR) is 149 cm³/mol. The summed E-state index contributed by atoms with van der Waals surface area (Å²) in [6, 6.07) is 13.9. The van der Waals surface area contributed by atoms with Crippen LogP contribution in [-0.2, 0) is 24.2 Å². The quantitative estimate of drug-likeness (QED) is 0.263. The number of benzene rings is 3. The number of aryl methyl sites for hydroxylation is 1. The third kappa shape index (κ3) is 5.55. The van der Waals surface area contributed by atoms with Crippen molar-refractivity contribution in [1.29, 1.82) is 0 Å². The number of halogens is 1. The Morgan fingerprint density at radius 3 is 2.73 bits per heavy atom. The van der Waals surface area contributed by atoms with Gasteiger partial charge in [-0.15, -0.1) is 0 Å². The third-order valence-corrected chi connectivity index (χ3v) is 8.16. The van der Waals surface area contributed by atoms with Crippen LogP contribution in [0.3, 0.4) is 0 Å². The maximum Gasteiger partial charge on any atom is 0.304 e. The number of aliphatic carboxylic acids is 1. The molecule has 2 aliphatic rings. The van der Waals surface area contributed by atoms with Crippen molar-refractivity contribution in [1.82, 2.24) is 0 Å². The maximum absolute atomic E-state index is 11.1. The number of carbonyl (C=O) groups is 1. The van der Waals surface area contributed by atoms with Crippen LogP contribution >= 0.6 is 23.4 Å². The molecule has 194 valence electrons. The highest BCUT2D eigenvalue weighted by Gasteiger charge is 2.27. The second-order valence-corrected chi connectivity index (χ2v) is 11.0. The molecule has 0 aromatic heterocycles. The minimum Gasteiger partial charge on any atom is -0.493 e. The molecule has 0 amide bonds. The molecule has 0 spiro atoms. The summed E-state index contributed by atoms with van der Waals surface area (Å²) in [6.07, 6.45) is 5.34. The molecule has 1 N–H and O–H groups in total. The van der Waals surface area contributed by atoms with Gasteiger partial charge in [0.15, 0.2) is 0 Å². The minimum absolute atomic E-state index is 0.0594. The van der Waals surface area contributed by atoms with Crippen LogP contribution in [-0.4, -0.2) is 36.3 Å². The van der Waals surface area contributed by atoms with E-state index in [0.29, 0.717) is 29.7 Å². The molecule has 1 atom stereocenters. The van der Waals surface area contributed by atoms with E-state index >= 15 is 0 Å². The highest BCUT2D eigenvalue weighted by atomic mass is 35.5. The Morgan fingerprint density at radius 1 is 1.14 bits per heavy atom. The molecule has 5 nitrogen and oxygen atoms in total. The van der Waals surface area contributed by atoms with E-state index in [1.807, 2.05) is 36.0 Å². The van der Waals surface area contributed by atoms with E-state index in [4.69, 9.17) is 30.9 Å². The Hall–Kier alpha value is -2.83. The van der Waals surface area contributed by atoms with Gasteiger partial charge in [-0.05, 0) is 90.3 Å². The topological polar surface area (TPSA) is 65.0 Å². The Kier molecular flexibility index (Phi) is 7.87. The van der Waals surface area contributed by atoms with Gasteiger partial charge in [-0.1, -0.05) is 23.7 Å². The van der Waals surface area contributed by atoms with Gasteiger partial charge in [-0.25, -0.2) is 0 Å². The lowest BCUT2D eigenvalue weighted by Crippen LogP contribution is -2.15. The van der Waals surface area contributed by atoms with Gasteiger partial charge < -0.3 is 19.3 Å². The zero-order valence-electron chi connectivity index (χ0n) is 21.1. The molecule has 3 aromatic rings. The van der Waals surface area contributed by atoms with E-state index in [0.717, 1.165) is 54.1 Å². The zero-order valence-corrected chi connectivity index (χ0v) is 22.7. The van der Waals surface area contributed by atoms with Crippen LogP contribution < -0.4 is 14.2 Å². The van der Waals surface area contributed by atoms with Crippen LogP contribution in [0.25, 0.3) is 11.1 Å². The molecule has 0 saturated carbocycles. The van der Waals surface area contributed by atoms with Crippen molar-refractivity contribution in [3.05, 3.63) is 75.3 Å². The van der Waals surface area contributed by atoms with Crippen LogP contribution in [0.1, 0.15) is 46.6 Å². The number of carboxylic acids is 1. The van der Waals surface area contributed by atoms with Gasteiger partial charge in [0.2, 0.25) is 0 Å². The van der Waals surface area contributed by atoms with Crippen molar-refractivity contribution in [2.24, 2.45) is 0 Å². The normalized spacial score (nSPS) is 15.4. The van der Waals surface area contributed by atoms with E-state index in [-0.39, 0.29) is 12.3 Å². The predicted octanol–water partition coefficient (Wildman–Crippen LogP) is 7.08. The van der Waals surface area contributed by atoms with Gasteiger partial charge in [0.05, 0.1) is 19.6 Å². The first kappa shape index (κ1) is 25.8. The average molecular weight is 539 g/mol. The van der Waals surface area contributed by atoms with Crippen LogP contribution in [0.2, 0.25) is 5.02 Å². The number of carboxylic acid groups (broad SMARTS) is 1. The molecule has 1 unspecified atom stereocenters. The summed E-state index contributed by atoms with van der Waals surface area (Å²) in [7, 11) is 0. The minimum atomic E-state index is -0.824. The van der Waals surface area contributed by atoms with Crippen molar-refractivity contribution in [3.63, 3.8) is 0 Å². The molecular weight excluding hydrogens is 508 g/mol. The fourth-order valence-corrected chi connectivity index (χ4v) is 5.74. The van der Waals surface area contributed by atoms with Gasteiger partial charge in [0, 0.05) is 28.1 Å². The number of fused-ring (bicyclic) bond motifs is 2. The summed E-state index contributed by atoms with van der Waals surface area (Å²) in [4.78, 5) is 11.1. The molecule has 5 rings (SSSR count). The molecule has 1 aliphatic carbocycles. The number of rotatable bonds is 11. The van der Waals surface area contributed by atoms with Gasteiger partial charge in [-0.2, -0.15) is 11.8 Å². The first-order valence-corrected chi connectivity index (χ1v) is 14.4. The summed E-state index contributed by atoms with van der Waals surface area (Å²) >= 11 is 8.41. The molecule has 1 aliphatic heterocycles. The molecule has 3 aromatic carbocycles. The van der Waals surface area contributed by atoms with E-state index < -0.39 is 5.97 Å². The van der Waals surface area contributed by atoms with Crippen molar-refractivity contribution in [3.8, 4) is 28.4 Å². The molecule has 0 bridgehead atoms. The first-order valence-electron chi connectivity index (χ1n) is 12.6. The highest BCUT2D eigenvalue weighted by Crippen LogP contribution is 2.43. The molecule has 7 heteroatoms. The second-order valence-electron chi connectivity index (χ2n) is 9.62. The fraction of sp³-hybridized carbons (Fsp3) is 0.367. The van der Waals surface area contributed by atoms with Gasteiger partial charge >= 0.3 is 5.97 Å². The largest absolute Gasteiger partial charge is 0.493 e. The SMILES string of the molecule is CSCCCOc1cc(C)c(-c2ccc(Cl)c(COc3ccc4c(c3)OCC4CC(=O)O)c2)c2c1CC2. The van der Waals surface area contributed by atoms with Gasteiger partial charge in [-0.3, -0.25) is 4.79 Å². The second kappa shape index (κ2) is 11.3. The Morgan fingerprint density at radius 2 is 1.97 bits per heavy atom. The fourth-order valence-electron chi connectivity index (χ4n) is 5.16. The Bertz CT molecular complexity index is 1320. The molecule has 0 saturated heterocycles. The molecule has 37 heavy (non-hydrogen) atoms. The highest BCUT2D eigenvalue weighted by molar-refractivity contribution is 7.98. The van der Waals surface area contributed by atoms with Gasteiger partial charge in [0.25, 0.3) is 0 Å². The number of thioether (sulfide) groups is 1. The summed E-state index contributed by atoms with van der Waals surface area (Å²) < 4.78 is 17.9. The summed E-state index contributed by atoms with van der Waals surface area (Å²) in [5.41, 5.74) is 8.15. The Labute approximate surface area is 227 Å². The number of hydrogen-bond donors (Lipinski definition) is 1. The van der Waals surface area contributed by atoms with E-state index in [2.05, 4.69) is 31.4 Å². The first-order chi connectivity index (χ1) is 17.9. The van der Waals surface area contributed by atoms with Crippen molar-refractivity contribution < 1.29 is 24.1 Å². The van der Waals surface area contributed by atoms with E-state index in [1.54, 1.807) is 0 Å². The standard InChI is InChI=1S/C30H31ClO5S/c1-18-12-27(34-10-3-11-37-2)24-7-8-25(24)30(18)19-4-9-26(31)21(13-19)17-35-22-5-6-23-20(14-29(32)33)16-36-28(23)15-22/h4-6,9,12-13,15,20H,3,7-8,10-11,14,16-17H2,1-2H3,(H,32,33). The lowest BCUT2D eigenvalue weighted by atomic mass is 9.79. The zero-order chi connectivity index (χ0) is 25.9. The Balaban J connectivity index is 1.32. The smallest absolute Gasteiger partial charge is 0.304 e. The monoisotopic (exact) mass is 538 g/mol. The van der Waals surface area contributed by atoms with Crippen LogP contribution in [0.15, 0.2) is 42.5 Å². The number of hydrogen-bond acceptors (Lipinski definition) is 5. The summed E-state index contributed by atoms with van der Waals surface area (Å²) in [5, 5.41) is 9.77. The molecular formula is C30H31ClO5S. The molecule has 1 heterocycles. The van der Waals surface area contributed by atoms with Crippen LogP contribution in [0, 0.1) is 6.92 Å². The number of ether oxygens (including phenoxy) is 3. The lowest BCUT2D eigenvalue weighted by Gasteiger charge is -2.28.